The standard InChI is InChI=1S/C22H23N5O2/c1-13(2)20(21-23-16-10-6-7-11-17(16)24-21)25-19(28)12-18-14-8-4-5-9-15(14)22(29)27(3)26-18/h4-11,13,20H,12H2,1-3H3,(H,23,24)(H,25,28)/t20-/m1/s1. The van der Waals surface area contributed by atoms with Crippen molar-refractivity contribution in [3.8, 4) is 0 Å². The number of H-pyrrole nitrogens is 1. The lowest BCUT2D eigenvalue weighted by Crippen LogP contribution is -2.34. The van der Waals surface area contributed by atoms with E-state index in [1.807, 2.05) is 56.3 Å². The van der Waals surface area contributed by atoms with Gasteiger partial charge in [0, 0.05) is 12.4 Å². The van der Waals surface area contributed by atoms with Crippen molar-refractivity contribution in [2.24, 2.45) is 13.0 Å². The van der Waals surface area contributed by atoms with Crippen molar-refractivity contribution < 1.29 is 4.79 Å². The Bertz CT molecular complexity index is 1220. The van der Waals surface area contributed by atoms with E-state index in [-0.39, 0.29) is 29.8 Å². The number of rotatable bonds is 5. The highest BCUT2D eigenvalue weighted by atomic mass is 16.2. The van der Waals surface area contributed by atoms with Crippen molar-refractivity contribution >= 4 is 27.7 Å². The first-order chi connectivity index (χ1) is 13.9. The maximum Gasteiger partial charge on any atom is 0.274 e. The third kappa shape index (κ3) is 3.63. The molecule has 0 spiro atoms. The van der Waals surface area contributed by atoms with Crippen molar-refractivity contribution in [2.75, 3.05) is 0 Å². The summed E-state index contributed by atoms with van der Waals surface area (Å²) in [6, 6.07) is 14.8. The molecule has 7 nitrogen and oxygen atoms in total. The molecule has 0 aliphatic carbocycles. The number of fused-ring (bicyclic) bond motifs is 2. The van der Waals surface area contributed by atoms with E-state index in [1.54, 1.807) is 13.1 Å². The van der Waals surface area contributed by atoms with Gasteiger partial charge in [0.1, 0.15) is 5.82 Å². The molecule has 4 aromatic rings. The minimum absolute atomic E-state index is 0.0814. The van der Waals surface area contributed by atoms with Gasteiger partial charge in [-0.1, -0.05) is 44.2 Å². The molecule has 1 atom stereocenters. The Morgan fingerprint density at radius 3 is 2.52 bits per heavy atom. The molecule has 0 fully saturated rings. The minimum Gasteiger partial charge on any atom is -0.346 e. The smallest absolute Gasteiger partial charge is 0.274 e. The fraction of sp³-hybridized carbons (Fsp3) is 0.273. The van der Waals surface area contributed by atoms with Gasteiger partial charge in [-0.25, -0.2) is 9.67 Å². The van der Waals surface area contributed by atoms with Gasteiger partial charge in [-0.05, 0) is 24.1 Å². The SMILES string of the molecule is CC(C)[C@@H](NC(=O)Cc1nn(C)c(=O)c2ccccc12)c1nc2ccccc2[nH]1. The van der Waals surface area contributed by atoms with Gasteiger partial charge in [-0.2, -0.15) is 5.10 Å². The van der Waals surface area contributed by atoms with Gasteiger partial charge in [-0.3, -0.25) is 9.59 Å². The topological polar surface area (TPSA) is 92.7 Å². The van der Waals surface area contributed by atoms with Crippen LogP contribution in [-0.4, -0.2) is 25.7 Å². The number of nitrogens with one attached hydrogen (secondary N) is 2. The lowest BCUT2D eigenvalue weighted by atomic mass is 10.0. The summed E-state index contributed by atoms with van der Waals surface area (Å²) in [6.07, 6.45) is 0.0814. The number of carbonyl (C=O) groups excluding carboxylic acids is 1. The highest BCUT2D eigenvalue weighted by molar-refractivity contribution is 5.88. The molecule has 4 rings (SSSR count). The summed E-state index contributed by atoms with van der Waals surface area (Å²) >= 11 is 0. The molecule has 0 aliphatic heterocycles. The molecule has 29 heavy (non-hydrogen) atoms. The Labute approximate surface area is 167 Å². The number of amides is 1. The van der Waals surface area contributed by atoms with Gasteiger partial charge in [-0.15, -0.1) is 0 Å². The van der Waals surface area contributed by atoms with Crippen LogP contribution in [0, 0.1) is 5.92 Å². The number of aromatic nitrogens is 4. The number of aromatic amines is 1. The maximum atomic E-state index is 12.9. The number of carbonyl (C=O) groups is 1. The average Bonchev–Trinajstić information content (AvgIpc) is 3.13. The number of benzene rings is 2. The van der Waals surface area contributed by atoms with Crippen LogP contribution in [0.1, 0.15) is 31.4 Å². The van der Waals surface area contributed by atoms with Crippen molar-refractivity contribution in [1.82, 2.24) is 25.1 Å². The Kier molecular flexibility index (Phi) is 4.88. The van der Waals surface area contributed by atoms with Gasteiger partial charge < -0.3 is 10.3 Å². The molecule has 2 N–H and O–H groups in total. The molecule has 0 aliphatic rings. The summed E-state index contributed by atoms with van der Waals surface area (Å²) in [5.74, 6) is 0.706. The quantitative estimate of drug-likeness (QED) is 0.549. The number of hydrogen-bond acceptors (Lipinski definition) is 4. The number of imidazole rings is 1. The molecule has 7 heteroatoms. The molecule has 2 aromatic carbocycles. The van der Waals surface area contributed by atoms with Crippen LogP contribution in [0.15, 0.2) is 53.3 Å². The summed E-state index contributed by atoms with van der Waals surface area (Å²) in [4.78, 5) is 33.1. The molecular weight excluding hydrogens is 366 g/mol. The zero-order valence-electron chi connectivity index (χ0n) is 16.6. The summed E-state index contributed by atoms with van der Waals surface area (Å²) in [5.41, 5.74) is 2.21. The van der Waals surface area contributed by atoms with Gasteiger partial charge in [0.25, 0.3) is 5.56 Å². The number of nitrogens with zero attached hydrogens (tertiary/aromatic N) is 3. The molecule has 1 amide bonds. The van der Waals surface area contributed by atoms with Crippen LogP contribution < -0.4 is 10.9 Å². The van der Waals surface area contributed by atoms with Crippen molar-refractivity contribution in [3.05, 3.63) is 70.4 Å². The molecular formula is C22H23N5O2. The van der Waals surface area contributed by atoms with Crippen molar-refractivity contribution in [1.29, 1.82) is 0 Å². The first-order valence-electron chi connectivity index (χ1n) is 9.63. The van der Waals surface area contributed by atoms with Crippen LogP contribution in [0.25, 0.3) is 21.8 Å². The fourth-order valence-electron chi connectivity index (χ4n) is 3.55. The molecule has 0 radical (unpaired) electrons. The van der Waals surface area contributed by atoms with E-state index in [1.165, 1.54) is 4.68 Å². The molecule has 2 aromatic heterocycles. The second kappa shape index (κ2) is 7.50. The Morgan fingerprint density at radius 2 is 1.79 bits per heavy atom. The van der Waals surface area contributed by atoms with Gasteiger partial charge in [0.2, 0.25) is 5.91 Å². The van der Waals surface area contributed by atoms with Crippen molar-refractivity contribution in [2.45, 2.75) is 26.3 Å². The summed E-state index contributed by atoms with van der Waals surface area (Å²) in [5, 5.41) is 8.67. The summed E-state index contributed by atoms with van der Waals surface area (Å²) < 4.78 is 1.28. The van der Waals surface area contributed by atoms with E-state index in [0.29, 0.717) is 16.5 Å². The molecule has 0 bridgehead atoms. The summed E-state index contributed by atoms with van der Waals surface area (Å²) in [6.45, 7) is 4.08. The molecule has 0 saturated carbocycles. The predicted octanol–water partition coefficient (Wildman–Crippen LogP) is 2.87. The Morgan fingerprint density at radius 1 is 1.10 bits per heavy atom. The number of hydrogen-bond donors (Lipinski definition) is 2. The highest BCUT2D eigenvalue weighted by Gasteiger charge is 2.23. The van der Waals surface area contributed by atoms with Crippen LogP contribution in [-0.2, 0) is 18.3 Å². The van der Waals surface area contributed by atoms with Gasteiger partial charge >= 0.3 is 0 Å². The molecule has 148 valence electrons. The van der Waals surface area contributed by atoms with Crippen LogP contribution in [0.2, 0.25) is 0 Å². The first-order valence-corrected chi connectivity index (χ1v) is 9.63. The van der Waals surface area contributed by atoms with Gasteiger partial charge in [0.05, 0.1) is 34.6 Å². The van der Waals surface area contributed by atoms with Crippen LogP contribution in [0.3, 0.4) is 0 Å². The van der Waals surface area contributed by atoms with Crippen LogP contribution in [0.4, 0.5) is 0 Å². The Balaban J connectivity index is 1.62. The van der Waals surface area contributed by atoms with Gasteiger partial charge in [0.15, 0.2) is 0 Å². The summed E-state index contributed by atoms with van der Waals surface area (Å²) in [7, 11) is 1.60. The van der Waals surface area contributed by atoms with E-state index < -0.39 is 0 Å². The zero-order valence-corrected chi connectivity index (χ0v) is 16.6. The fourth-order valence-corrected chi connectivity index (χ4v) is 3.55. The first kappa shape index (κ1) is 18.9. The monoisotopic (exact) mass is 389 g/mol. The average molecular weight is 389 g/mol. The molecule has 2 heterocycles. The maximum absolute atomic E-state index is 12.9. The predicted molar refractivity (Wildman–Crippen MR) is 113 cm³/mol. The third-order valence-corrected chi connectivity index (χ3v) is 5.05. The van der Waals surface area contributed by atoms with E-state index in [2.05, 4.69) is 20.4 Å². The van der Waals surface area contributed by atoms with E-state index in [9.17, 15) is 9.59 Å². The second-order valence-electron chi connectivity index (χ2n) is 7.53. The normalized spacial score (nSPS) is 12.6. The van der Waals surface area contributed by atoms with Crippen LogP contribution in [0.5, 0.6) is 0 Å². The van der Waals surface area contributed by atoms with E-state index >= 15 is 0 Å². The third-order valence-electron chi connectivity index (χ3n) is 5.05. The minimum atomic E-state index is -0.256. The van der Waals surface area contributed by atoms with E-state index in [0.717, 1.165) is 16.9 Å². The molecule has 0 saturated heterocycles. The lowest BCUT2D eigenvalue weighted by molar-refractivity contribution is -0.121. The highest BCUT2D eigenvalue weighted by Crippen LogP contribution is 2.22. The lowest BCUT2D eigenvalue weighted by Gasteiger charge is -2.20. The molecule has 0 unspecified atom stereocenters. The van der Waals surface area contributed by atoms with E-state index in [4.69, 9.17) is 0 Å². The Hall–Kier alpha value is -3.48. The van der Waals surface area contributed by atoms with Crippen molar-refractivity contribution in [3.63, 3.8) is 0 Å². The number of para-hydroxylation sites is 2. The number of aryl methyl sites for hydroxylation is 1. The van der Waals surface area contributed by atoms with Crippen LogP contribution >= 0.6 is 0 Å². The largest absolute Gasteiger partial charge is 0.346 e. The zero-order chi connectivity index (χ0) is 20.5. The second-order valence-corrected chi connectivity index (χ2v) is 7.53.